The van der Waals surface area contributed by atoms with Gasteiger partial charge in [-0.05, 0) is 30.3 Å². The molecule has 1 aromatic heterocycles. The highest BCUT2D eigenvalue weighted by molar-refractivity contribution is 6.30. The second kappa shape index (κ2) is 9.48. The van der Waals surface area contributed by atoms with Crippen LogP contribution in [0.5, 0.6) is 0 Å². The third-order valence-corrected chi connectivity index (χ3v) is 4.46. The summed E-state index contributed by atoms with van der Waals surface area (Å²) in [6, 6.07) is 10.7. The molecule has 0 spiro atoms. The molecule has 0 aliphatic carbocycles. The fourth-order valence-electron chi connectivity index (χ4n) is 2.66. The Bertz CT molecular complexity index is 1200. The first kappa shape index (κ1) is 22.1. The van der Waals surface area contributed by atoms with E-state index in [9.17, 15) is 23.2 Å². The molecule has 2 aromatic carbocycles. The summed E-state index contributed by atoms with van der Waals surface area (Å²) in [7, 11) is 0. The zero-order valence-electron chi connectivity index (χ0n) is 16.3. The average Bonchev–Trinajstić information content (AvgIpc) is 2.73. The van der Waals surface area contributed by atoms with Crippen LogP contribution in [0.4, 0.5) is 20.2 Å². The van der Waals surface area contributed by atoms with Gasteiger partial charge in [0.1, 0.15) is 23.9 Å². The van der Waals surface area contributed by atoms with E-state index in [0.717, 1.165) is 16.8 Å². The standard InChI is InChI=1S/C21H17ClF2N4O3/c1-2-19(29)26-18-10-17(12-3-5-13(22)6-4-12)27-28(21(18)31)11-20(30)25-16-8-7-14(23)9-15(16)24/h3-10H,2,11H2,1H3,(H,25,30)(H,26,29). The maximum atomic E-state index is 13.8. The van der Waals surface area contributed by atoms with E-state index in [-0.39, 0.29) is 17.8 Å². The van der Waals surface area contributed by atoms with E-state index in [1.165, 1.54) is 6.07 Å². The number of carbonyl (C=O) groups is 2. The number of nitrogens with one attached hydrogen (secondary N) is 2. The van der Waals surface area contributed by atoms with Gasteiger partial charge in [0.25, 0.3) is 5.56 Å². The number of hydrogen-bond acceptors (Lipinski definition) is 4. The van der Waals surface area contributed by atoms with Gasteiger partial charge in [-0.1, -0.05) is 30.7 Å². The van der Waals surface area contributed by atoms with Gasteiger partial charge in [-0.3, -0.25) is 14.4 Å². The van der Waals surface area contributed by atoms with E-state index in [1.54, 1.807) is 31.2 Å². The Morgan fingerprint density at radius 2 is 1.68 bits per heavy atom. The van der Waals surface area contributed by atoms with Gasteiger partial charge in [-0.15, -0.1) is 0 Å². The molecule has 7 nitrogen and oxygen atoms in total. The fourth-order valence-corrected chi connectivity index (χ4v) is 2.78. The van der Waals surface area contributed by atoms with Crippen molar-refractivity contribution in [3.05, 3.63) is 75.5 Å². The predicted octanol–water partition coefficient (Wildman–Crippen LogP) is 3.83. The molecule has 0 aliphatic rings. The Labute approximate surface area is 180 Å². The van der Waals surface area contributed by atoms with Crippen molar-refractivity contribution in [2.24, 2.45) is 0 Å². The first-order valence-electron chi connectivity index (χ1n) is 9.19. The van der Waals surface area contributed by atoms with Crippen LogP contribution >= 0.6 is 11.6 Å². The Hall–Kier alpha value is -3.59. The van der Waals surface area contributed by atoms with Gasteiger partial charge in [-0.2, -0.15) is 5.10 Å². The molecule has 3 aromatic rings. The molecule has 0 saturated carbocycles. The largest absolute Gasteiger partial charge is 0.322 e. The average molecular weight is 447 g/mol. The molecular weight excluding hydrogens is 430 g/mol. The molecule has 0 radical (unpaired) electrons. The Morgan fingerprint density at radius 1 is 1.00 bits per heavy atom. The monoisotopic (exact) mass is 446 g/mol. The first-order chi connectivity index (χ1) is 14.8. The van der Waals surface area contributed by atoms with Gasteiger partial charge < -0.3 is 10.6 Å². The van der Waals surface area contributed by atoms with Crippen molar-refractivity contribution in [3.63, 3.8) is 0 Å². The lowest BCUT2D eigenvalue weighted by atomic mass is 10.1. The Kier molecular flexibility index (Phi) is 6.76. The number of aromatic nitrogens is 2. The maximum absolute atomic E-state index is 13.8. The van der Waals surface area contributed by atoms with Gasteiger partial charge >= 0.3 is 0 Å². The SMILES string of the molecule is CCC(=O)Nc1cc(-c2ccc(Cl)cc2)nn(CC(=O)Nc2ccc(F)cc2F)c1=O. The molecule has 160 valence electrons. The molecule has 10 heteroatoms. The van der Waals surface area contributed by atoms with Crippen LogP contribution in [0.15, 0.2) is 53.3 Å². The predicted molar refractivity (Wildman–Crippen MR) is 113 cm³/mol. The number of benzene rings is 2. The summed E-state index contributed by atoms with van der Waals surface area (Å²) in [4.78, 5) is 36.9. The summed E-state index contributed by atoms with van der Waals surface area (Å²) in [6.45, 7) is 1.06. The molecular formula is C21H17ClF2N4O3. The van der Waals surface area contributed by atoms with Crippen molar-refractivity contribution >= 4 is 34.8 Å². The quantitative estimate of drug-likeness (QED) is 0.602. The molecule has 0 aliphatic heterocycles. The number of hydrogen-bond donors (Lipinski definition) is 2. The van der Waals surface area contributed by atoms with Crippen molar-refractivity contribution in [3.8, 4) is 11.3 Å². The lowest BCUT2D eigenvalue weighted by Crippen LogP contribution is -2.32. The van der Waals surface area contributed by atoms with Gasteiger partial charge in [0.15, 0.2) is 0 Å². The van der Waals surface area contributed by atoms with Crippen LogP contribution in [0.1, 0.15) is 13.3 Å². The second-order valence-electron chi connectivity index (χ2n) is 6.49. The highest BCUT2D eigenvalue weighted by Gasteiger charge is 2.15. The highest BCUT2D eigenvalue weighted by Crippen LogP contribution is 2.21. The Balaban J connectivity index is 1.95. The van der Waals surface area contributed by atoms with Crippen LogP contribution in [0, 0.1) is 11.6 Å². The van der Waals surface area contributed by atoms with Crippen LogP contribution in [0.2, 0.25) is 5.02 Å². The maximum Gasteiger partial charge on any atom is 0.291 e. The summed E-state index contributed by atoms with van der Waals surface area (Å²) >= 11 is 5.90. The van der Waals surface area contributed by atoms with Crippen molar-refractivity contribution in [2.45, 2.75) is 19.9 Å². The number of nitrogens with zero attached hydrogens (tertiary/aromatic N) is 2. The zero-order chi connectivity index (χ0) is 22.5. The van der Waals surface area contributed by atoms with Gasteiger partial charge in [0.05, 0.1) is 11.4 Å². The number of anilines is 2. The number of rotatable bonds is 6. The molecule has 0 fully saturated rings. The minimum atomic E-state index is -0.959. The number of carbonyl (C=O) groups excluding carboxylic acids is 2. The molecule has 0 unspecified atom stereocenters. The molecule has 0 atom stereocenters. The van der Waals surface area contributed by atoms with Gasteiger partial charge in [-0.25, -0.2) is 13.5 Å². The summed E-state index contributed by atoms with van der Waals surface area (Å²) in [5.74, 6) is -2.91. The van der Waals surface area contributed by atoms with Crippen LogP contribution < -0.4 is 16.2 Å². The highest BCUT2D eigenvalue weighted by atomic mass is 35.5. The lowest BCUT2D eigenvalue weighted by molar-refractivity contribution is -0.117. The Morgan fingerprint density at radius 3 is 2.32 bits per heavy atom. The van der Waals surface area contributed by atoms with E-state index in [1.807, 2.05) is 0 Å². The number of halogens is 3. The summed E-state index contributed by atoms with van der Waals surface area (Å²) < 4.78 is 27.7. The van der Waals surface area contributed by atoms with Crippen molar-refractivity contribution in [1.29, 1.82) is 0 Å². The molecule has 31 heavy (non-hydrogen) atoms. The van der Waals surface area contributed by atoms with Crippen LogP contribution in [-0.2, 0) is 16.1 Å². The lowest BCUT2D eigenvalue weighted by Gasteiger charge is -2.12. The molecule has 2 amide bonds. The summed E-state index contributed by atoms with van der Waals surface area (Å²) in [5.41, 5.74) is -0.117. The van der Waals surface area contributed by atoms with Crippen LogP contribution in [0.25, 0.3) is 11.3 Å². The van der Waals surface area contributed by atoms with Crippen LogP contribution in [-0.4, -0.2) is 21.6 Å². The third-order valence-electron chi connectivity index (χ3n) is 4.21. The molecule has 0 bridgehead atoms. The minimum Gasteiger partial charge on any atom is -0.322 e. The van der Waals surface area contributed by atoms with E-state index >= 15 is 0 Å². The van der Waals surface area contributed by atoms with Gasteiger partial charge in [0, 0.05) is 23.1 Å². The summed E-state index contributed by atoms with van der Waals surface area (Å²) in [5, 5.41) is 9.43. The smallest absolute Gasteiger partial charge is 0.291 e. The third kappa shape index (κ3) is 5.52. The van der Waals surface area contributed by atoms with E-state index < -0.39 is 35.6 Å². The van der Waals surface area contributed by atoms with Crippen LogP contribution in [0.3, 0.4) is 0 Å². The molecule has 0 saturated heterocycles. The number of amides is 2. The second-order valence-corrected chi connectivity index (χ2v) is 6.92. The zero-order valence-corrected chi connectivity index (χ0v) is 17.0. The first-order valence-corrected chi connectivity index (χ1v) is 9.57. The van der Waals surface area contributed by atoms with Crippen molar-refractivity contribution in [2.75, 3.05) is 10.6 Å². The van der Waals surface area contributed by atoms with E-state index in [0.29, 0.717) is 22.3 Å². The van der Waals surface area contributed by atoms with Gasteiger partial charge in [0.2, 0.25) is 11.8 Å². The van der Waals surface area contributed by atoms with E-state index in [4.69, 9.17) is 11.6 Å². The van der Waals surface area contributed by atoms with Crippen molar-refractivity contribution in [1.82, 2.24) is 9.78 Å². The molecule has 2 N–H and O–H groups in total. The fraction of sp³-hybridized carbons (Fsp3) is 0.143. The molecule has 1 heterocycles. The van der Waals surface area contributed by atoms with E-state index in [2.05, 4.69) is 15.7 Å². The minimum absolute atomic E-state index is 0.0624. The molecule has 3 rings (SSSR count). The van der Waals surface area contributed by atoms with Crippen molar-refractivity contribution < 1.29 is 18.4 Å². The normalized spacial score (nSPS) is 10.6. The topological polar surface area (TPSA) is 93.1 Å². The summed E-state index contributed by atoms with van der Waals surface area (Å²) in [6.07, 6.45) is 0.141.